The second-order valence-electron chi connectivity index (χ2n) is 11.6. The van der Waals surface area contributed by atoms with Crippen LogP contribution in [-0.4, -0.2) is 150 Å². The number of fused-ring (bicyclic) bond motifs is 1. The molecule has 49 heavy (non-hydrogen) atoms. The largest absolute Gasteiger partial charge is 0.441 e. The van der Waals surface area contributed by atoms with Crippen LogP contribution in [0.2, 0.25) is 0 Å². The Morgan fingerprint density at radius 2 is 1.69 bits per heavy atom. The van der Waals surface area contributed by atoms with Crippen LogP contribution in [0.4, 0.5) is 4.79 Å². The lowest BCUT2D eigenvalue weighted by Crippen LogP contribution is -2.70. The Morgan fingerprint density at radius 3 is 2.27 bits per heavy atom. The van der Waals surface area contributed by atoms with Crippen LogP contribution >= 0.6 is 0 Å². The van der Waals surface area contributed by atoms with Crippen molar-refractivity contribution in [2.75, 3.05) is 26.2 Å². The molecule has 0 bridgehead atoms. The van der Waals surface area contributed by atoms with E-state index in [1.54, 1.807) is 0 Å². The summed E-state index contributed by atoms with van der Waals surface area (Å²) < 4.78 is 42.4. The van der Waals surface area contributed by atoms with Crippen molar-refractivity contribution in [3.05, 3.63) is 0 Å². The van der Waals surface area contributed by atoms with E-state index in [9.17, 15) is 34.5 Å². The number of aliphatic imine (C=N–C) groups is 1. The van der Waals surface area contributed by atoms with Gasteiger partial charge in [-0.05, 0) is 32.2 Å². The van der Waals surface area contributed by atoms with E-state index < -0.39 is 89.7 Å². The first kappa shape index (κ1) is 41.7. The Hall–Kier alpha value is -3.46. The summed E-state index contributed by atoms with van der Waals surface area (Å²) in [7, 11) is -4.67. The molecule has 2 unspecified atom stereocenters. The van der Waals surface area contributed by atoms with Crippen LogP contribution in [0.5, 0.6) is 0 Å². The fourth-order valence-corrected chi connectivity index (χ4v) is 5.31. The van der Waals surface area contributed by atoms with E-state index in [1.807, 2.05) is 0 Å². The van der Waals surface area contributed by atoms with Crippen LogP contribution in [-0.2, 0) is 34.3 Å². The number of amides is 4. The molecule has 0 aliphatic carbocycles. The van der Waals surface area contributed by atoms with Crippen molar-refractivity contribution >= 4 is 40.2 Å². The molecule has 0 aromatic rings. The normalized spacial score (nSPS) is 29.0. The number of nitrogens with two attached hydrogens (primary N) is 4. The molecule has 0 radical (unpaired) electrons. The Labute approximate surface area is 281 Å². The van der Waals surface area contributed by atoms with Gasteiger partial charge in [-0.1, -0.05) is 0 Å². The van der Waals surface area contributed by atoms with E-state index in [2.05, 4.69) is 31.6 Å². The van der Waals surface area contributed by atoms with Gasteiger partial charge in [-0.2, -0.15) is 8.42 Å². The first-order valence-corrected chi connectivity index (χ1v) is 16.8. The van der Waals surface area contributed by atoms with Gasteiger partial charge in [-0.3, -0.25) is 23.5 Å². The topological polar surface area (TPSA) is 399 Å². The van der Waals surface area contributed by atoms with E-state index in [-0.39, 0.29) is 37.3 Å². The molecule has 24 heteroatoms. The van der Waals surface area contributed by atoms with Crippen molar-refractivity contribution in [1.29, 1.82) is 0 Å². The number of aliphatic hydroxyl groups excluding tert-OH is 3. The van der Waals surface area contributed by atoms with Crippen molar-refractivity contribution in [1.82, 2.24) is 26.6 Å². The fraction of sp³-hybridized carbons (Fsp3) is 0.800. The molecular weight excluding hydrogens is 680 g/mol. The Morgan fingerprint density at radius 1 is 1.08 bits per heavy atom. The third-order valence-electron chi connectivity index (χ3n) is 7.59. The minimum Gasteiger partial charge on any atom is -0.441 e. The summed E-state index contributed by atoms with van der Waals surface area (Å²) in [4.78, 5) is 52.9. The molecule has 0 saturated carbocycles. The van der Waals surface area contributed by atoms with Gasteiger partial charge in [-0.25, -0.2) is 9.79 Å². The Bertz CT molecular complexity index is 1250. The number of carbonyl (C=O) groups excluding carboxylic acids is 4. The minimum atomic E-state index is -4.67. The summed E-state index contributed by atoms with van der Waals surface area (Å²) in [6.45, 7) is 0.203. The number of nitrogens with zero attached hydrogens (tertiary/aromatic N) is 1. The summed E-state index contributed by atoms with van der Waals surface area (Å²) in [5.74, 6) is -1.12. The van der Waals surface area contributed by atoms with E-state index in [4.69, 9.17) is 49.9 Å². The summed E-state index contributed by atoms with van der Waals surface area (Å²) in [5.41, 5.74) is 22.6. The van der Waals surface area contributed by atoms with Gasteiger partial charge in [0.05, 0.1) is 18.8 Å². The summed E-state index contributed by atoms with van der Waals surface area (Å²) in [6.07, 6.45) is -5.37. The lowest BCUT2D eigenvalue weighted by atomic mass is 9.95. The quantitative estimate of drug-likeness (QED) is 0.0550. The van der Waals surface area contributed by atoms with Crippen LogP contribution in [0.3, 0.4) is 0 Å². The Balaban J connectivity index is 0.00000155. The lowest BCUT2D eigenvalue weighted by Gasteiger charge is -2.44. The molecule has 3 heterocycles. The molecule has 18 N–H and O–H groups in total. The van der Waals surface area contributed by atoms with E-state index in [0.29, 0.717) is 32.4 Å². The number of carbonyl (C=O) groups is 4. The van der Waals surface area contributed by atoms with Gasteiger partial charge in [0.15, 0.2) is 24.3 Å². The molecule has 4 amide bonds. The highest BCUT2D eigenvalue weighted by Crippen LogP contribution is 2.24. The summed E-state index contributed by atoms with van der Waals surface area (Å²) >= 11 is 0. The molecular formula is C25H48N10O13S. The maximum absolute atomic E-state index is 13.0. The number of ether oxygens (including phenoxy) is 2. The van der Waals surface area contributed by atoms with Crippen LogP contribution in [0, 0.1) is 0 Å². The van der Waals surface area contributed by atoms with Gasteiger partial charge in [-0.15, -0.1) is 0 Å². The number of guanidine groups is 1. The maximum atomic E-state index is 13.0. The second-order valence-corrected chi connectivity index (χ2v) is 12.5. The van der Waals surface area contributed by atoms with Crippen LogP contribution in [0.1, 0.15) is 38.5 Å². The zero-order chi connectivity index (χ0) is 36.9. The molecule has 23 nitrogen and oxygen atoms in total. The van der Waals surface area contributed by atoms with Crippen molar-refractivity contribution < 1.29 is 61.5 Å². The van der Waals surface area contributed by atoms with Gasteiger partial charge in [0.1, 0.15) is 18.2 Å². The van der Waals surface area contributed by atoms with Crippen molar-refractivity contribution in [2.24, 2.45) is 27.9 Å². The maximum Gasteiger partial charge on any atom is 0.404 e. The zero-order valence-electron chi connectivity index (χ0n) is 26.5. The van der Waals surface area contributed by atoms with E-state index in [0.717, 1.165) is 6.42 Å². The number of hydrogen-bond donors (Lipinski definition) is 14. The number of rotatable bonds is 15. The lowest BCUT2D eigenvalue weighted by molar-refractivity contribution is -0.198. The first-order chi connectivity index (χ1) is 22.9. The summed E-state index contributed by atoms with van der Waals surface area (Å²) in [6, 6.07) is -3.79. The number of aliphatic hydroxyl groups is 3. The third-order valence-corrected chi connectivity index (χ3v) is 7.59. The minimum absolute atomic E-state index is 0.0296. The Kier molecular flexibility index (Phi) is 16.7. The highest BCUT2D eigenvalue weighted by atomic mass is 32.3. The third kappa shape index (κ3) is 14.5. The number of primary amides is 1. The fourth-order valence-electron chi connectivity index (χ4n) is 5.31. The van der Waals surface area contributed by atoms with Gasteiger partial charge in [0.2, 0.25) is 17.7 Å². The van der Waals surface area contributed by atoms with E-state index >= 15 is 0 Å². The standard InChI is InChI=1S/C25H46N10O9.H2O4S/c26-5-1-3-11(27)7-15(38)30-6-2-4-12(28)8-16(39)32-19-20(40)21(44-24(29)42)14(10-36)43-23(19)35-25-33-17-13(37)9-31-22(41)18(17)34-25;1-5(2,3)4/h11-14,17-21,23,36-37,40H,1-10,26-28H2,(H2,29,42)(H,30,38)(H,31,41)(H,32,39)(H2,33,34,35);(H2,1,2,3,4)/t11?,12?,13-,14-,17-,18+,19-,20+,21+,23-;/m1./s1. The average molecular weight is 729 g/mol. The smallest absolute Gasteiger partial charge is 0.404 e. The molecule has 10 atom stereocenters. The van der Waals surface area contributed by atoms with E-state index in [1.165, 1.54) is 0 Å². The number of piperidine rings is 1. The molecule has 3 rings (SSSR count). The molecule has 0 aromatic heterocycles. The highest BCUT2D eigenvalue weighted by molar-refractivity contribution is 7.79. The van der Waals surface area contributed by atoms with Crippen LogP contribution in [0.25, 0.3) is 0 Å². The molecule has 2 saturated heterocycles. The monoisotopic (exact) mass is 728 g/mol. The van der Waals surface area contributed by atoms with Gasteiger partial charge >= 0.3 is 16.5 Å². The van der Waals surface area contributed by atoms with Crippen LogP contribution in [0.15, 0.2) is 4.99 Å². The molecule has 0 aromatic carbocycles. The molecule has 282 valence electrons. The van der Waals surface area contributed by atoms with Gasteiger partial charge < -0.3 is 74.3 Å². The molecule has 2 fully saturated rings. The predicted octanol–water partition coefficient (Wildman–Crippen LogP) is -6.79. The molecule has 3 aliphatic heterocycles. The van der Waals surface area contributed by atoms with Crippen molar-refractivity contribution in [2.45, 2.75) is 99.4 Å². The predicted molar refractivity (Wildman–Crippen MR) is 168 cm³/mol. The number of β-amino-alcohol motifs (C(OH)–C–C–N with tert-alkyl or cyclic N) is 1. The van der Waals surface area contributed by atoms with Crippen LogP contribution < -0.4 is 49.5 Å². The number of nitrogens with one attached hydrogen (secondary N) is 5. The average Bonchev–Trinajstić information content (AvgIpc) is 3.43. The summed E-state index contributed by atoms with van der Waals surface area (Å²) in [5, 5.41) is 44.9. The first-order valence-electron chi connectivity index (χ1n) is 15.4. The number of hydrogen-bond acceptors (Lipinski definition) is 17. The van der Waals surface area contributed by atoms with Gasteiger partial charge in [0, 0.05) is 38.0 Å². The van der Waals surface area contributed by atoms with Crippen molar-refractivity contribution in [3.63, 3.8) is 0 Å². The van der Waals surface area contributed by atoms with Crippen molar-refractivity contribution in [3.8, 4) is 0 Å². The second kappa shape index (κ2) is 19.7. The zero-order valence-corrected chi connectivity index (χ0v) is 27.3. The molecule has 3 aliphatic rings. The molecule has 0 spiro atoms. The SMILES string of the molecule is NCCCC(N)CC(=O)NCCCC(N)CC(=O)N[C@@H]1[C@H](O)[C@@H](OC(N)=O)[C@@H](CO)O[C@H]1NC1=N[C@@H]2C(=O)NC[C@@H](O)[C@H]2N1.O=S(=O)(O)O. The van der Waals surface area contributed by atoms with Gasteiger partial charge in [0.25, 0.3) is 0 Å². The highest BCUT2D eigenvalue weighted by Gasteiger charge is 2.49.